The molecule has 0 spiro atoms. The Balaban J connectivity index is -0.000000333. The molecular weight excluding hydrogens is 303 g/mol. The number of hydrogen-bond donors (Lipinski definition) is 0. The molecule has 1 rings (SSSR count). The van der Waals surface area contributed by atoms with E-state index < -0.39 is 0 Å². The Morgan fingerprint density at radius 1 is 1.00 bits per heavy atom. The molecule has 62 valence electrons. The van der Waals surface area contributed by atoms with Gasteiger partial charge in [-0.25, -0.2) is 0 Å². The molecule has 0 bridgehead atoms. The van der Waals surface area contributed by atoms with Crippen molar-refractivity contribution in [1.29, 1.82) is 0 Å². The summed E-state index contributed by atoms with van der Waals surface area (Å²) in [5.41, 5.74) is 1.52. The van der Waals surface area contributed by atoms with Crippen molar-refractivity contribution >= 4 is 0 Å². The van der Waals surface area contributed by atoms with Crippen molar-refractivity contribution in [3.05, 3.63) is 43.3 Å². The molecule has 2 heteroatoms. The quantitative estimate of drug-likeness (QED) is 0.449. The summed E-state index contributed by atoms with van der Waals surface area (Å²) < 4.78 is 0. The zero-order valence-electron chi connectivity index (χ0n) is 9.73. The molecule has 1 aromatic carbocycles. The summed E-state index contributed by atoms with van der Waals surface area (Å²) in [6, 6.07) is 11.8. The fraction of sp³-hybridized carbons (Fsp3) is 0.364. The van der Waals surface area contributed by atoms with Crippen molar-refractivity contribution in [2.24, 2.45) is 0 Å². The van der Waals surface area contributed by atoms with Crippen LogP contribution in [-0.2, 0) is 5.41 Å². The van der Waals surface area contributed by atoms with Gasteiger partial charge in [0.25, 0.3) is 0 Å². The number of hydrogen-bond acceptors (Lipinski definition) is 0. The molecule has 0 fully saturated rings. The molecule has 1 aromatic rings. The minimum Gasteiger partial charge on any atom is -0.359 e. The van der Waals surface area contributed by atoms with Gasteiger partial charge in [0, 0.05) is 0 Å². The Morgan fingerprint density at radius 3 is 1.62 bits per heavy atom. The monoisotopic (exact) mass is 317 g/mol. The maximum Gasteiger partial charge on any atom is 1.00 e. The van der Waals surface area contributed by atoms with Gasteiger partial charge in [0.1, 0.15) is 0 Å². The maximum atomic E-state index is 3.01. The standard InChI is InChI=1S/C10H12.CH3.2Rb/c1-10(2,3)9-7-5-4-6-8-9;;;/h4,7-8H,1-3H3;1H3;;/q-2;-1;2*+1. The first-order valence-electron chi connectivity index (χ1n) is 3.48. The molecule has 0 heterocycles. The summed E-state index contributed by atoms with van der Waals surface area (Å²) >= 11 is 0. The van der Waals surface area contributed by atoms with E-state index in [-0.39, 0.29) is 129 Å². The van der Waals surface area contributed by atoms with Gasteiger partial charge in [0.05, 0.1) is 0 Å². The zero-order chi connectivity index (χ0) is 7.61. The minimum absolute atomic E-state index is 0. The third-order valence-corrected chi connectivity index (χ3v) is 1.51. The Kier molecular flexibility index (Phi) is 16.3. The molecule has 0 nitrogen and oxygen atoms in total. The molecule has 0 atom stereocenters. The van der Waals surface area contributed by atoms with Gasteiger partial charge >= 0.3 is 116 Å². The van der Waals surface area contributed by atoms with Crippen molar-refractivity contribution in [3.63, 3.8) is 0 Å². The van der Waals surface area contributed by atoms with E-state index in [1.807, 2.05) is 12.1 Å². The van der Waals surface area contributed by atoms with Gasteiger partial charge < -0.3 is 25.6 Å². The van der Waals surface area contributed by atoms with Crippen LogP contribution in [0.2, 0.25) is 0 Å². The van der Waals surface area contributed by atoms with Crippen LogP contribution in [0.3, 0.4) is 0 Å². The molecule has 0 aromatic heterocycles. The molecule has 13 heavy (non-hydrogen) atoms. The van der Waals surface area contributed by atoms with Crippen LogP contribution in [0, 0.1) is 19.6 Å². The molecule has 0 radical (unpaired) electrons. The van der Waals surface area contributed by atoms with E-state index in [4.69, 9.17) is 0 Å². The average Bonchev–Trinajstić information content (AvgIpc) is 1.88. The summed E-state index contributed by atoms with van der Waals surface area (Å²) in [5, 5.41) is 0. The van der Waals surface area contributed by atoms with Crippen LogP contribution >= 0.6 is 0 Å². The molecule has 0 aliphatic heterocycles. The molecule has 0 N–H and O–H groups in total. The van der Waals surface area contributed by atoms with Gasteiger partial charge in [0.15, 0.2) is 0 Å². The van der Waals surface area contributed by atoms with E-state index in [0.29, 0.717) is 0 Å². The molecule has 0 amide bonds. The molecule has 0 aliphatic rings. The number of rotatable bonds is 0. The molecule has 0 saturated carbocycles. The van der Waals surface area contributed by atoms with Crippen LogP contribution in [0.1, 0.15) is 26.3 Å². The van der Waals surface area contributed by atoms with E-state index in [0.717, 1.165) is 0 Å². The van der Waals surface area contributed by atoms with Gasteiger partial charge in [-0.3, -0.25) is 17.7 Å². The zero-order valence-corrected chi connectivity index (χ0v) is 19.6. The van der Waals surface area contributed by atoms with Crippen LogP contribution in [-0.4, -0.2) is 0 Å². The predicted molar refractivity (Wildman–Crippen MR) is 49.2 cm³/mol. The Labute approximate surface area is 181 Å². The Bertz CT molecular complexity index is 199. The van der Waals surface area contributed by atoms with Crippen molar-refractivity contribution in [2.75, 3.05) is 0 Å². The topological polar surface area (TPSA) is 0 Å². The van der Waals surface area contributed by atoms with Gasteiger partial charge in [-0.2, -0.15) is 0 Å². The third-order valence-electron chi connectivity index (χ3n) is 1.51. The van der Waals surface area contributed by atoms with Gasteiger partial charge in [0.2, 0.25) is 0 Å². The summed E-state index contributed by atoms with van der Waals surface area (Å²) in [5.74, 6) is 0. The van der Waals surface area contributed by atoms with Crippen molar-refractivity contribution < 1.29 is 116 Å². The molecule has 0 aliphatic carbocycles. The molecular formula is C11H15Rb2-. The van der Waals surface area contributed by atoms with E-state index >= 15 is 0 Å². The fourth-order valence-corrected chi connectivity index (χ4v) is 0.786. The van der Waals surface area contributed by atoms with E-state index in [1.54, 1.807) is 6.07 Å². The number of benzene rings is 1. The van der Waals surface area contributed by atoms with Crippen LogP contribution in [0.25, 0.3) is 0 Å². The van der Waals surface area contributed by atoms with E-state index in [2.05, 4.69) is 32.9 Å². The van der Waals surface area contributed by atoms with Crippen molar-refractivity contribution in [2.45, 2.75) is 26.2 Å². The summed E-state index contributed by atoms with van der Waals surface area (Å²) in [6.07, 6.45) is 0. The third kappa shape index (κ3) is 8.62. The summed E-state index contributed by atoms with van der Waals surface area (Å²) in [6.45, 7) is 6.55. The van der Waals surface area contributed by atoms with Crippen LogP contribution in [0.4, 0.5) is 0 Å². The van der Waals surface area contributed by atoms with Crippen LogP contribution in [0.5, 0.6) is 0 Å². The minimum atomic E-state index is 0. The fourth-order valence-electron chi connectivity index (χ4n) is 0.786. The molecule has 0 saturated heterocycles. The van der Waals surface area contributed by atoms with E-state index in [1.165, 1.54) is 5.56 Å². The largest absolute Gasteiger partial charge is 1.00 e. The first kappa shape index (κ1) is 21.2. The second-order valence-electron chi connectivity index (χ2n) is 3.47. The second-order valence-corrected chi connectivity index (χ2v) is 3.47. The van der Waals surface area contributed by atoms with E-state index in [9.17, 15) is 0 Å². The molecule has 0 unspecified atom stereocenters. The Morgan fingerprint density at radius 2 is 1.38 bits per heavy atom. The normalized spacial score (nSPS) is 8.85. The maximum absolute atomic E-state index is 3.01. The van der Waals surface area contributed by atoms with Crippen molar-refractivity contribution in [3.8, 4) is 0 Å². The Hall–Kier alpha value is 2.83. The van der Waals surface area contributed by atoms with Gasteiger partial charge in [-0.05, 0) is 0 Å². The average molecular weight is 318 g/mol. The van der Waals surface area contributed by atoms with Crippen LogP contribution < -0.4 is 116 Å². The smallest absolute Gasteiger partial charge is 0.359 e. The summed E-state index contributed by atoms with van der Waals surface area (Å²) in [7, 11) is 0. The van der Waals surface area contributed by atoms with Crippen molar-refractivity contribution in [1.82, 2.24) is 0 Å². The first-order chi connectivity index (χ1) is 4.61. The first-order valence-corrected chi connectivity index (χ1v) is 3.48. The van der Waals surface area contributed by atoms with Crippen LogP contribution in [0.15, 0.2) is 18.2 Å². The SMILES string of the molecule is CC(C)(C)c1c[c-]c[c-]c1.[CH3-].[Rb+].[Rb+]. The summed E-state index contributed by atoms with van der Waals surface area (Å²) in [4.78, 5) is 0. The van der Waals surface area contributed by atoms with Gasteiger partial charge in [-0.15, -0.1) is 5.41 Å². The van der Waals surface area contributed by atoms with Gasteiger partial charge in [-0.1, -0.05) is 20.8 Å². The second kappa shape index (κ2) is 10.0. The predicted octanol–water partition coefficient (Wildman–Crippen LogP) is -2.96.